The van der Waals surface area contributed by atoms with Crippen molar-refractivity contribution >= 4 is 0 Å². The molecule has 18 heavy (non-hydrogen) atoms. The van der Waals surface area contributed by atoms with Crippen molar-refractivity contribution in [3.05, 3.63) is 53.6 Å². The molecule has 0 saturated carbocycles. The van der Waals surface area contributed by atoms with Crippen LogP contribution in [0.5, 0.6) is 0 Å². The molecule has 0 saturated heterocycles. The summed E-state index contributed by atoms with van der Waals surface area (Å²) >= 11 is 0. The summed E-state index contributed by atoms with van der Waals surface area (Å²) in [6.07, 6.45) is 2.92. The first-order chi connectivity index (χ1) is 8.79. The molecule has 0 aliphatic carbocycles. The van der Waals surface area contributed by atoms with Crippen LogP contribution in [-0.2, 0) is 13.1 Å². The summed E-state index contributed by atoms with van der Waals surface area (Å²) in [4.78, 5) is 0. The fourth-order valence-electron chi connectivity index (χ4n) is 1.81. The van der Waals surface area contributed by atoms with Crippen LogP contribution in [0.15, 0.2) is 36.5 Å². The fourth-order valence-corrected chi connectivity index (χ4v) is 1.81. The van der Waals surface area contributed by atoms with Gasteiger partial charge in [0.1, 0.15) is 5.82 Å². The van der Waals surface area contributed by atoms with Crippen LogP contribution in [0.2, 0.25) is 0 Å². The maximum absolute atomic E-state index is 12.8. The van der Waals surface area contributed by atoms with Crippen LogP contribution in [0.4, 0.5) is 4.39 Å². The Morgan fingerprint density at radius 1 is 1.22 bits per heavy atom. The summed E-state index contributed by atoms with van der Waals surface area (Å²) < 4.78 is 14.8. The zero-order valence-corrected chi connectivity index (χ0v) is 10.6. The van der Waals surface area contributed by atoms with Crippen molar-refractivity contribution in [3.63, 3.8) is 0 Å². The van der Waals surface area contributed by atoms with Crippen LogP contribution >= 0.6 is 0 Å². The molecule has 0 atom stereocenters. The van der Waals surface area contributed by atoms with E-state index >= 15 is 0 Å². The molecule has 1 heterocycles. The van der Waals surface area contributed by atoms with Gasteiger partial charge in [-0.3, -0.25) is 4.68 Å². The van der Waals surface area contributed by atoms with E-state index in [1.54, 1.807) is 18.3 Å². The minimum atomic E-state index is -0.205. The Balaban J connectivity index is 2.00. The molecule has 0 unspecified atom stereocenters. The Morgan fingerprint density at radius 2 is 2.00 bits per heavy atom. The molecular weight excluding hydrogens is 229 g/mol. The molecule has 96 valence electrons. The third kappa shape index (κ3) is 3.40. The van der Waals surface area contributed by atoms with Gasteiger partial charge in [0.05, 0.1) is 12.2 Å². The predicted octanol–water partition coefficient (Wildman–Crippen LogP) is 2.57. The zero-order chi connectivity index (χ0) is 12.8. The third-order valence-corrected chi connectivity index (χ3v) is 2.78. The lowest BCUT2D eigenvalue weighted by atomic mass is 10.2. The quantitative estimate of drug-likeness (QED) is 0.795. The smallest absolute Gasteiger partial charge is 0.123 e. The Kier molecular flexibility index (Phi) is 4.47. The van der Waals surface area contributed by atoms with E-state index in [1.165, 1.54) is 12.1 Å². The molecule has 1 aromatic heterocycles. The second kappa shape index (κ2) is 6.31. The van der Waals surface area contributed by atoms with Gasteiger partial charge in [-0.2, -0.15) is 5.10 Å². The predicted molar refractivity (Wildman–Crippen MR) is 69.7 cm³/mol. The Morgan fingerprint density at radius 3 is 2.72 bits per heavy atom. The minimum absolute atomic E-state index is 0.205. The fraction of sp³-hybridized carbons (Fsp3) is 0.357. The lowest BCUT2D eigenvalue weighted by Crippen LogP contribution is -2.17. The second-order valence-corrected chi connectivity index (χ2v) is 4.28. The molecular formula is C14H18FN3. The van der Waals surface area contributed by atoms with Gasteiger partial charge in [-0.1, -0.05) is 19.1 Å². The highest BCUT2D eigenvalue weighted by Gasteiger charge is 2.03. The van der Waals surface area contributed by atoms with Crippen LogP contribution in [-0.4, -0.2) is 16.3 Å². The van der Waals surface area contributed by atoms with Crippen molar-refractivity contribution in [2.45, 2.75) is 26.4 Å². The second-order valence-electron chi connectivity index (χ2n) is 4.28. The summed E-state index contributed by atoms with van der Waals surface area (Å²) in [6, 6.07) is 8.55. The number of nitrogens with one attached hydrogen (secondary N) is 1. The first kappa shape index (κ1) is 12.8. The summed E-state index contributed by atoms with van der Waals surface area (Å²) in [7, 11) is 0. The molecule has 0 radical (unpaired) electrons. The number of rotatable bonds is 6. The van der Waals surface area contributed by atoms with Crippen molar-refractivity contribution in [2.24, 2.45) is 0 Å². The highest BCUT2D eigenvalue weighted by Crippen LogP contribution is 2.07. The molecule has 4 heteroatoms. The van der Waals surface area contributed by atoms with Gasteiger partial charge in [0.15, 0.2) is 0 Å². The number of aromatic nitrogens is 2. The molecule has 1 N–H and O–H groups in total. The molecule has 3 nitrogen and oxygen atoms in total. The molecule has 0 amide bonds. The van der Waals surface area contributed by atoms with Gasteiger partial charge in [-0.25, -0.2) is 4.39 Å². The van der Waals surface area contributed by atoms with Crippen molar-refractivity contribution < 1.29 is 4.39 Å². The largest absolute Gasteiger partial charge is 0.311 e. The van der Waals surface area contributed by atoms with E-state index in [1.807, 2.05) is 10.7 Å². The van der Waals surface area contributed by atoms with E-state index in [0.29, 0.717) is 6.54 Å². The van der Waals surface area contributed by atoms with Gasteiger partial charge >= 0.3 is 0 Å². The number of benzene rings is 1. The molecule has 0 bridgehead atoms. The summed E-state index contributed by atoms with van der Waals surface area (Å²) in [5.41, 5.74) is 2.20. The van der Waals surface area contributed by atoms with Crippen LogP contribution in [0, 0.1) is 5.82 Å². The van der Waals surface area contributed by atoms with Gasteiger partial charge < -0.3 is 5.32 Å². The average Bonchev–Trinajstić information content (AvgIpc) is 2.80. The number of nitrogens with zero attached hydrogens (tertiary/aromatic N) is 2. The molecule has 0 spiro atoms. The average molecular weight is 247 g/mol. The molecule has 2 rings (SSSR count). The van der Waals surface area contributed by atoms with E-state index in [4.69, 9.17) is 0 Å². The Hall–Kier alpha value is -1.68. The summed E-state index contributed by atoms with van der Waals surface area (Å²) in [5.74, 6) is -0.205. The lowest BCUT2D eigenvalue weighted by molar-refractivity contribution is 0.590. The Bertz CT molecular complexity index is 476. The molecule has 0 aliphatic heterocycles. The van der Waals surface area contributed by atoms with Crippen molar-refractivity contribution in [3.8, 4) is 0 Å². The molecule has 0 aliphatic rings. The van der Waals surface area contributed by atoms with Crippen molar-refractivity contribution in [1.29, 1.82) is 0 Å². The topological polar surface area (TPSA) is 29.9 Å². The van der Waals surface area contributed by atoms with Gasteiger partial charge in [0, 0.05) is 12.7 Å². The third-order valence-electron chi connectivity index (χ3n) is 2.78. The van der Waals surface area contributed by atoms with Crippen LogP contribution in [0.1, 0.15) is 24.6 Å². The van der Waals surface area contributed by atoms with Gasteiger partial charge in [0.2, 0.25) is 0 Å². The van der Waals surface area contributed by atoms with Gasteiger partial charge in [-0.05, 0) is 36.7 Å². The number of hydrogen-bond donors (Lipinski definition) is 1. The van der Waals surface area contributed by atoms with Gasteiger partial charge in [-0.15, -0.1) is 0 Å². The SMILES string of the molecule is CCCNCc1ccnn1Cc1ccc(F)cc1. The number of halogens is 1. The van der Waals surface area contributed by atoms with E-state index < -0.39 is 0 Å². The van der Waals surface area contributed by atoms with Crippen LogP contribution < -0.4 is 5.32 Å². The first-order valence-corrected chi connectivity index (χ1v) is 6.25. The van der Waals surface area contributed by atoms with Crippen molar-refractivity contribution in [1.82, 2.24) is 15.1 Å². The maximum atomic E-state index is 12.8. The zero-order valence-electron chi connectivity index (χ0n) is 10.6. The monoisotopic (exact) mass is 247 g/mol. The van der Waals surface area contributed by atoms with Crippen LogP contribution in [0.25, 0.3) is 0 Å². The molecule has 2 aromatic rings. The maximum Gasteiger partial charge on any atom is 0.123 e. The van der Waals surface area contributed by atoms with Crippen LogP contribution in [0.3, 0.4) is 0 Å². The van der Waals surface area contributed by atoms with E-state index in [-0.39, 0.29) is 5.82 Å². The Labute approximate surface area is 107 Å². The van der Waals surface area contributed by atoms with E-state index in [0.717, 1.165) is 30.8 Å². The molecule has 0 fully saturated rings. The summed E-state index contributed by atoms with van der Waals surface area (Å²) in [5, 5.41) is 7.65. The first-order valence-electron chi connectivity index (χ1n) is 6.25. The molecule has 1 aromatic carbocycles. The lowest BCUT2D eigenvalue weighted by Gasteiger charge is -2.08. The highest BCUT2D eigenvalue weighted by atomic mass is 19.1. The minimum Gasteiger partial charge on any atom is -0.311 e. The van der Waals surface area contributed by atoms with Crippen molar-refractivity contribution in [2.75, 3.05) is 6.54 Å². The van der Waals surface area contributed by atoms with Gasteiger partial charge in [0.25, 0.3) is 0 Å². The normalized spacial score (nSPS) is 10.8. The standard InChI is InChI=1S/C14H18FN3/c1-2-8-16-10-14-7-9-17-18(14)11-12-3-5-13(15)6-4-12/h3-7,9,16H,2,8,10-11H2,1H3. The highest BCUT2D eigenvalue weighted by molar-refractivity contribution is 5.17. The summed E-state index contributed by atoms with van der Waals surface area (Å²) in [6.45, 7) is 4.63. The van der Waals surface area contributed by atoms with E-state index in [9.17, 15) is 4.39 Å². The van der Waals surface area contributed by atoms with E-state index in [2.05, 4.69) is 17.3 Å². The number of hydrogen-bond acceptors (Lipinski definition) is 2.